The number of hydrogen-bond donors (Lipinski definition) is 0. The fourth-order valence-corrected chi connectivity index (χ4v) is 1.27. The SMILES string of the molecule is O=C(OCc1cccc(F)c1)C([O-])(C(F)(F)F)C(F)(F)F. The van der Waals surface area contributed by atoms with Crippen LogP contribution in [0.2, 0.25) is 0 Å². The molecule has 0 aliphatic heterocycles. The van der Waals surface area contributed by atoms with Crippen LogP contribution in [-0.2, 0) is 16.1 Å². The zero-order valence-corrected chi connectivity index (χ0v) is 9.89. The van der Waals surface area contributed by atoms with Gasteiger partial charge in [-0.05, 0) is 17.7 Å². The zero-order chi connectivity index (χ0) is 16.5. The number of rotatable bonds is 3. The first kappa shape index (κ1) is 17.2. The van der Waals surface area contributed by atoms with Crippen LogP contribution in [0.5, 0.6) is 0 Å². The standard InChI is InChI=1S/C11H6F7O3/c12-7-3-1-2-6(4-7)5-21-8(19)9(20,10(13,14)15)11(16,17)18/h1-4H,5H2/q-1. The van der Waals surface area contributed by atoms with Crippen LogP contribution in [0.25, 0.3) is 0 Å². The van der Waals surface area contributed by atoms with Gasteiger partial charge in [-0.3, -0.25) is 4.79 Å². The third kappa shape index (κ3) is 3.43. The van der Waals surface area contributed by atoms with E-state index in [-0.39, 0.29) is 5.56 Å². The number of carbonyl (C=O) groups is 1. The Hall–Kier alpha value is -1.84. The van der Waals surface area contributed by atoms with Crippen molar-refractivity contribution >= 4 is 5.97 Å². The van der Waals surface area contributed by atoms with Crippen LogP contribution >= 0.6 is 0 Å². The Bertz CT molecular complexity index is 507. The van der Waals surface area contributed by atoms with E-state index < -0.39 is 36.3 Å². The number of hydrogen-bond acceptors (Lipinski definition) is 3. The summed E-state index contributed by atoms with van der Waals surface area (Å²) in [5.74, 6) is -3.89. The molecule has 0 aliphatic rings. The number of benzene rings is 1. The van der Waals surface area contributed by atoms with E-state index in [0.717, 1.165) is 24.3 Å². The summed E-state index contributed by atoms with van der Waals surface area (Å²) < 4.78 is 90.0. The summed E-state index contributed by atoms with van der Waals surface area (Å²) in [7, 11) is 0. The Kier molecular flexibility index (Phi) is 4.51. The van der Waals surface area contributed by atoms with E-state index >= 15 is 0 Å². The quantitative estimate of drug-likeness (QED) is 0.633. The van der Waals surface area contributed by atoms with Crippen molar-refractivity contribution in [2.75, 3.05) is 0 Å². The second kappa shape index (κ2) is 5.51. The number of ether oxygens (including phenoxy) is 1. The highest BCUT2D eigenvalue weighted by Crippen LogP contribution is 2.41. The van der Waals surface area contributed by atoms with Gasteiger partial charge in [-0.2, -0.15) is 26.3 Å². The summed E-state index contributed by atoms with van der Waals surface area (Å²) in [5.41, 5.74) is -6.11. The van der Waals surface area contributed by atoms with E-state index in [1.54, 1.807) is 0 Å². The predicted molar refractivity (Wildman–Crippen MR) is 51.0 cm³/mol. The van der Waals surface area contributed by atoms with Gasteiger partial charge in [0.25, 0.3) is 0 Å². The molecule has 0 amide bonds. The minimum Gasteiger partial charge on any atom is -0.828 e. The summed E-state index contributed by atoms with van der Waals surface area (Å²) in [6.07, 6.45) is -12.9. The second-order valence-corrected chi connectivity index (χ2v) is 3.88. The van der Waals surface area contributed by atoms with Crippen molar-refractivity contribution in [1.29, 1.82) is 0 Å². The van der Waals surface area contributed by atoms with Crippen LogP contribution in [-0.4, -0.2) is 23.9 Å². The van der Waals surface area contributed by atoms with Gasteiger partial charge in [-0.15, -0.1) is 0 Å². The largest absolute Gasteiger partial charge is 0.828 e. The number of halogens is 7. The van der Waals surface area contributed by atoms with Gasteiger partial charge < -0.3 is 9.84 Å². The van der Waals surface area contributed by atoms with E-state index in [1.165, 1.54) is 0 Å². The molecule has 118 valence electrons. The Morgan fingerprint density at radius 3 is 2.05 bits per heavy atom. The molecule has 21 heavy (non-hydrogen) atoms. The van der Waals surface area contributed by atoms with Gasteiger partial charge in [-0.25, -0.2) is 4.39 Å². The van der Waals surface area contributed by atoms with Gasteiger partial charge in [-0.1, -0.05) is 12.1 Å². The van der Waals surface area contributed by atoms with Crippen molar-refractivity contribution < 1.29 is 45.4 Å². The molecule has 10 heteroatoms. The molecule has 0 unspecified atom stereocenters. The maximum absolute atomic E-state index is 12.7. The van der Waals surface area contributed by atoms with Crippen LogP contribution in [0.4, 0.5) is 30.7 Å². The van der Waals surface area contributed by atoms with Gasteiger partial charge >= 0.3 is 18.3 Å². The van der Waals surface area contributed by atoms with Crippen LogP contribution in [0.3, 0.4) is 0 Å². The minimum atomic E-state index is -6.43. The van der Waals surface area contributed by atoms with Gasteiger partial charge in [0.1, 0.15) is 12.4 Å². The van der Waals surface area contributed by atoms with E-state index in [2.05, 4.69) is 4.74 Å². The molecule has 0 aliphatic carbocycles. The maximum atomic E-state index is 12.7. The van der Waals surface area contributed by atoms with E-state index in [1.807, 2.05) is 0 Å². The topological polar surface area (TPSA) is 49.4 Å². The lowest BCUT2D eigenvalue weighted by Crippen LogP contribution is -2.71. The number of carbonyl (C=O) groups excluding carboxylic acids is 1. The third-order valence-electron chi connectivity index (χ3n) is 2.34. The average molecular weight is 319 g/mol. The first-order chi connectivity index (χ1) is 9.39. The van der Waals surface area contributed by atoms with Crippen LogP contribution in [0.15, 0.2) is 24.3 Å². The fraction of sp³-hybridized carbons (Fsp3) is 0.364. The normalized spacial score (nSPS) is 13.1. The summed E-state index contributed by atoms with van der Waals surface area (Å²) in [6.45, 7) is -1.10. The second-order valence-electron chi connectivity index (χ2n) is 3.88. The smallest absolute Gasteiger partial charge is 0.399 e. The first-order valence-electron chi connectivity index (χ1n) is 5.15. The fourth-order valence-electron chi connectivity index (χ4n) is 1.27. The molecule has 0 aromatic heterocycles. The van der Waals surface area contributed by atoms with Gasteiger partial charge in [0.15, 0.2) is 5.60 Å². The Balaban J connectivity index is 2.94. The van der Waals surface area contributed by atoms with Crippen molar-refractivity contribution in [3.63, 3.8) is 0 Å². The van der Waals surface area contributed by atoms with Crippen molar-refractivity contribution in [1.82, 2.24) is 0 Å². The van der Waals surface area contributed by atoms with Gasteiger partial charge in [0.05, 0.1) is 0 Å². The lowest BCUT2D eigenvalue weighted by atomic mass is 10.0. The summed E-state index contributed by atoms with van der Waals surface area (Å²) in [5, 5.41) is 10.9. The highest BCUT2D eigenvalue weighted by atomic mass is 19.4. The molecule has 1 aromatic rings. The molecule has 0 fully saturated rings. The molecular formula is C11H6F7O3-. The number of alkyl halides is 6. The predicted octanol–water partition coefficient (Wildman–Crippen LogP) is 2.09. The minimum absolute atomic E-state index is 0.213. The Morgan fingerprint density at radius 2 is 1.62 bits per heavy atom. The molecule has 0 saturated carbocycles. The monoisotopic (exact) mass is 319 g/mol. The molecule has 3 nitrogen and oxygen atoms in total. The van der Waals surface area contributed by atoms with E-state index in [0.29, 0.717) is 0 Å². The lowest BCUT2D eigenvalue weighted by molar-refractivity contribution is -0.574. The van der Waals surface area contributed by atoms with Gasteiger partial charge in [0.2, 0.25) is 0 Å². The lowest BCUT2D eigenvalue weighted by Gasteiger charge is -2.40. The summed E-state index contributed by atoms with van der Waals surface area (Å²) in [6, 6.07) is 3.86. The molecule has 1 aromatic carbocycles. The van der Waals surface area contributed by atoms with Gasteiger partial charge in [0, 0.05) is 0 Å². The maximum Gasteiger partial charge on any atom is 0.399 e. The van der Waals surface area contributed by atoms with Crippen molar-refractivity contribution in [2.24, 2.45) is 0 Å². The number of esters is 1. The van der Waals surface area contributed by atoms with Crippen LogP contribution in [0.1, 0.15) is 5.56 Å². The molecule has 0 heterocycles. The first-order valence-corrected chi connectivity index (χ1v) is 5.15. The molecule has 0 radical (unpaired) electrons. The Morgan fingerprint density at radius 1 is 1.10 bits per heavy atom. The molecule has 0 spiro atoms. The molecule has 0 atom stereocenters. The third-order valence-corrected chi connectivity index (χ3v) is 2.34. The van der Waals surface area contributed by atoms with Crippen molar-refractivity contribution in [2.45, 2.75) is 24.6 Å². The average Bonchev–Trinajstić information content (AvgIpc) is 2.32. The van der Waals surface area contributed by atoms with Crippen molar-refractivity contribution in [3.8, 4) is 0 Å². The molecular weight excluding hydrogens is 313 g/mol. The van der Waals surface area contributed by atoms with E-state index in [9.17, 15) is 40.6 Å². The Labute approximate surface area is 112 Å². The summed E-state index contributed by atoms with van der Waals surface area (Å²) >= 11 is 0. The molecule has 1 rings (SSSR count). The highest BCUT2D eigenvalue weighted by molar-refractivity contribution is 5.81. The van der Waals surface area contributed by atoms with Crippen LogP contribution < -0.4 is 5.11 Å². The summed E-state index contributed by atoms with van der Waals surface area (Å²) in [4.78, 5) is 10.9. The molecule has 0 bridgehead atoms. The highest BCUT2D eigenvalue weighted by Gasteiger charge is 2.68. The van der Waals surface area contributed by atoms with E-state index in [4.69, 9.17) is 0 Å². The molecule has 0 saturated heterocycles. The zero-order valence-electron chi connectivity index (χ0n) is 9.89. The molecule has 0 N–H and O–H groups in total. The van der Waals surface area contributed by atoms with Crippen LogP contribution in [0, 0.1) is 5.82 Å². The van der Waals surface area contributed by atoms with Crippen molar-refractivity contribution in [3.05, 3.63) is 35.6 Å².